The summed E-state index contributed by atoms with van der Waals surface area (Å²) in [7, 11) is 0. The van der Waals surface area contributed by atoms with E-state index in [-0.39, 0.29) is 10.8 Å². The van der Waals surface area contributed by atoms with Crippen LogP contribution < -0.4 is 0 Å². The Hall–Kier alpha value is -0.590. The second-order valence-corrected chi connectivity index (χ2v) is 13.2. The van der Waals surface area contributed by atoms with Gasteiger partial charge in [-0.15, -0.1) is 0 Å². The largest absolute Gasteiger partial charge is 0.299 e. The maximum Gasteiger partial charge on any atom is 0.142 e. The lowest BCUT2D eigenvalue weighted by atomic mass is 9.44. The summed E-state index contributed by atoms with van der Waals surface area (Å²) in [5.41, 5.74) is 2.10. The van der Waals surface area contributed by atoms with E-state index in [2.05, 4.69) is 54.5 Å². The van der Waals surface area contributed by atoms with Gasteiger partial charge >= 0.3 is 0 Å². The summed E-state index contributed by atoms with van der Waals surface area (Å²) >= 11 is 0. The average molecular weight is 413 g/mol. The lowest BCUT2D eigenvalue weighted by molar-refractivity contribution is -0.132. The molecule has 0 radical (unpaired) electrons. The number of rotatable bonds is 5. The molecule has 0 aromatic heterocycles. The molecule has 0 amide bonds. The number of hydrogen-bond donors (Lipinski definition) is 0. The Labute approximate surface area is 186 Å². The van der Waals surface area contributed by atoms with Gasteiger partial charge in [-0.05, 0) is 98.7 Å². The van der Waals surface area contributed by atoms with Gasteiger partial charge in [0, 0.05) is 11.8 Å². The van der Waals surface area contributed by atoms with Crippen LogP contribution in [0.5, 0.6) is 0 Å². The summed E-state index contributed by atoms with van der Waals surface area (Å²) in [6, 6.07) is 0. The summed E-state index contributed by atoms with van der Waals surface area (Å²) < 4.78 is 0. The minimum absolute atomic E-state index is 0.234. The van der Waals surface area contributed by atoms with Gasteiger partial charge in [0.25, 0.3) is 0 Å². The number of carbonyl (C=O) groups excluding carboxylic acids is 1. The minimum Gasteiger partial charge on any atom is -0.299 e. The first kappa shape index (κ1) is 22.6. The number of allylic oxidation sites excluding steroid dienone is 2. The zero-order chi connectivity index (χ0) is 21.9. The normalized spacial score (nSPS) is 43.6. The summed E-state index contributed by atoms with van der Waals surface area (Å²) in [5, 5.41) is 0. The predicted molar refractivity (Wildman–Crippen MR) is 127 cm³/mol. The summed E-state index contributed by atoms with van der Waals surface area (Å²) in [5.74, 6) is 5.69. The predicted octanol–water partition coefficient (Wildman–Crippen LogP) is 8.23. The van der Waals surface area contributed by atoms with Crippen LogP contribution in [0.3, 0.4) is 0 Å². The lowest BCUT2D eigenvalue weighted by Crippen LogP contribution is -2.53. The third kappa shape index (κ3) is 3.36. The minimum atomic E-state index is -0.234. The molecule has 0 heterocycles. The zero-order valence-corrected chi connectivity index (χ0v) is 21.0. The molecule has 3 saturated carbocycles. The molecule has 7 unspecified atom stereocenters. The molecule has 3 fully saturated rings. The Morgan fingerprint density at radius 3 is 2.40 bits per heavy atom. The molecule has 30 heavy (non-hydrogen) atoms. The van der Waals surface area contributed by atoms with Crippen molar-refractivity contribution in [3.8, 4) is 0 Å². The van der Waals surface area contributed by atoms with Crippen LogP contribution in [0, 0.1) is 51.8 Å². The van der Waals surface area contributed by atoms with Crippen molar-refractivity contribution in [1.29, 1.82) is 0 Å². The van der Waals surface area contributed by atoms with Crippen LogP contribution in [0.4, 0.5) is 0 Å². The molecule has 0 saturated heterocycles. The van der Waals surface area contributed by atoms with Gasteiger partial charge in [-0.25, -0.2) is 0 Å². The van der Waals surface area contributed by atoms with E-state index in [1.165, 1.54) is 56.9 Å². The van der Waals surface area contributed by atoms with Gasteiger partial charge < -0.3 is 0 Å². The van der Waals surface area contributed by atoms with Crippen molar-refractivity contribution in [2.75, 3.05) is 0 Å². The average Bonchev–Trinajstić information content (AvgIpc) is 3.02. The highest BCUT2D eigenvalue weighted by molar-refractivity contribution is 5.89. The highest BCUT2D eigenvalue weighted by atomic mass is 16.1. The first-order valence-corrected chi connectivity index (χ1v) is 13.3. The van der Waals surface area contributed by atoms with Crippen molar-refractivity contribution < 1.29 is 4.79 Å². The summed E-state index contributed by atoms with van der Waals surface area (Å²) in [4.78, 5) is 12.7. The summed E-state index contributed by atoms with van der Waals surface area (Å²) in [6.07, 6.45) is 15.7. The van der Waals surface area contributed by atoms with E-state index in [9.17, 15) is 4.79 Å². The molecule has 0 aliphatic heterocycles. The molecule has 0 aromatic rings. The van der Waals surface area contributed by atoms with Crippen molar-refractivity contribution in [1.82, 2.24) is 0 Å². The van der Waals surface area contributed by atoms with E-state index in [1.54, 1.807) is 0 Å². The van der Waals surface area contributed by atoms with Gasteiger partial charge in [0.15, 0.2) is 0 Å². The van der Waals surface area contributed by atoms with Crippen LogP contribution in [0.2, 0.25) is 0 Å². The third-order valence-corrected chi connectivity index (χ3v) is 10.9. The van der Waals surface area contributed by atoms with Crippen LogP contribution in [-0.2, 0) is 4.79 Å². The van der Waals surface area contributed by atoms with Gasteiger partial charge in [0.2, 0.25) is 0 Å². The quantitative estimate of drug-likeness (QED) is 0.415. The van der Waals surface area contributed by atoms with Crippen molar-refractivity contribution in [3.05, 3.63) is 11.6 Å². The van der Waals surface area contributed by atoms with Crippen LogP contribution in [0.25, 0.3) is 0 Å². The molecule has 170 valence electrons. The SMILES string of the molecule is CC(C)CCCC(C)C1CCC2C3CC=C4C(C)(C)C(=O)CCC4(C)C3CCC12C. The third-order valence-electron chi connectivity index (χ3n) is 10.9. The molecule has 0 aromatic carbocycles. The molecule has 7 atom stereocenters. The smallest absolute Gasteiger partial charge is 0.142 e. The first-order chi connectivity index (χ1) is 14.0. The van der Waals surface area contributed by atoms with Gasteiger partial charge in [0.05, 0.1) is 0 Å². The van der Waals surface area contributed by atoms with Gasteiger partial charge in [-0.2, -0.15) is 0 Å². The number of ketones is 1. The molecular formula is C29H48O. The van der Waals surface area contributed by atoms with Crippen molar-refractivity contribution in [2.45, 2.75) is 113 Å². The second-order valence-electron chi connectivity index (χ2n) is 13.2. The number of Topliss-reactive ketones (excluding diaryl/α,β-unsaturated/α-hetero) is 1. The monoisotopic (exact) mass is 412 g/mol. The van der Waals surface area contributed by atoms with Crippen molar-refractivity contribution in [2.24, 2.45) is 51.8 Å². The van der Waals surface area contributed by atoms with Gasteiger partial charge in [-0.1, -0.05) is 65.5 Å². The lowest BCUT2D eigenvalue weighted by Gasteiger charge is -2.60. The van der Waals surface area contributed by atoms with Gasteiger partial charge in [-0.3, -0.25) is 4.79 Å². The number of fused-ring (bicyclic) bond motifs is 5. The highest BCUT2D eigenvalue weighted by Gasteiger charge is 2.61. The first-order valence-electron chi connectivity index (χ1n) is 13.3. The van der Waals surface area contributed by atoms with Crippen LogP contribution >= 0.6 is 0 Å². The second kappa shape index (κ2) is 7.77. The maximum atomic E-state index is 12.7. The number of carbonyl (C=O) groups is 1. The van der Waals surface area contributed by atoms with Crippen LogP contribution in [-0.4, -0.2) is 5.78 Å². The fourth-order valence-electron chi connectivity index (χ4n) is 9.24. The molecule has 4 aliphatic rings. The van der Waals surface area contributed by atoms with E-state index >= 15 is 0 Å². The molecule has 1 nitrogen and oxygen atoms in total. The highest BCUT2D eigenvalue weighted by Crippen LogP contribution is 2.68. The summed E-state index contributed by atoms with van der Waals surface area (Å²) in [6.45, 7) is 16.9. The Morgan fingerprint density at radius 2 is 1.70 bits per heavy atom. The van der Waals surface area contributed by atoms with E-state index in [1.807, 2.05) is 0 Å². The van der Waals surface area contributed by atoms with Crippen molar-refractivity contribution >= 4 is 5.78 Å². The Balaban J connectivity index is 1.54. The molecule has 0 spiro atoms. The molecule has 0 bridgehead atoms. The van der Waals surface area contributed by atoms with Crippen molar-refractivity contribution in [3.63, 3.8) is 0 Å². The number of hydrogen-bond acceptors (Lipinski definition) is 1. The Kier molecular flexibility index (Phi) is 5.85. The molecule has 0 N–H and O–H groups in total. The zero-order valence-electron chi connectivity index (χ0n) is 21.0. The fraction of sp³-hybridized carbons (Fsp3) is 0.897. The van der Waals surface area contributed by atoms with E-state index < -0.39 is 0 Å². The fourth-order valence-corrected chi connectivity index (χ4v) is 9.24. The molecular weight excluding hydrogens is 364 g/mol. The Bertz CT molecular complexity index is 699. The van der Waals surface area contributed by atoms with Crippen LogP contribution in [0.1, 0.15) is 113 Å². The van der Waals surface area contributed by atoms with E-state index in [0.717, 1.165) is 48.3 Å². The molecule has 4 rings (SSSR count). The molecule has 1 heteroatoms. The maximum absolute atomic E-state index is 12.7. The topological polar surface area (TPSA) is 17.1 Å². The van der Waals surface area contributed by atoms with Gasteiger partial charge in [0.1, 0.15) is 5.78 Å². The molecule has 4 aliphatic carbocycles. The standard InChI is InChI=1S/C29H48O/c1-19(2)9-8-10-20(3)22-12-13-23-21-11-14-25-27(4,5)26(30)16-18-29(25,7)24(21)15-17-28(22,23)6/h14,19-24H,8-13,15-18H2,1-7H3. The van der Waals surface area contributed by atoms with E-state index in [4.69, 9.17) is 0 Å². The van der Waals surface area contributed by atoms with Crippen LogP contribution in [0.15, 0.2) is 11.6 Å². The Morgan fingerprint density at radius 1 is 0.967 bits per heavy atom. The van der Waals surface area contributed by atoms with E-state index in [0.29, 0.717) is 11.2 Å².